The van der Waals surface area contributed by atoms with E-state index in [9.17, 15) is 0 Å². The average molecular weight is 432 g/mol. The Morgan fingerprint density at radius 3 is 2.55 bits per heavy atom. The molecule has 0 spiro atoms. The van der Waals surface area contributed by atoms with Crippen molar-refractivity contribution >= 4 is 28.4 Å². The van der Waals surface area contributed by atoms with E-state index >= 15 is 0 Å². The molecule has 0 aromatic heterocycles. The zero-order valence-electron chi connectivity index (χ0n) is 18.5. The minimum Gasteiger partial charge on any atom is -0.325 e. The number of hydrogen-bond acceptors (Lipinski definition) is 4. The Kier molecular flexibility index (Phi) is 6.49. The van der Waals surface area contributed by atoms with E-state index in [1.807, 2.05) is 0 Å². The Bertz CT molecular complexity index is 1030. The normalized spacial score (nSPS) is 18.2. The maximum atomic E-state index is 3.61. The lowest BCUT2D eigenvalue weighted by molar-refractivity contribution is 0.246. The minimum absolute atomic E-state index is 0.998. The molecule has 0 radical (unpaired) electrons. The SMILES string of the molecule is Cc1ccc(CN2CCCN(CC3CC3)CC2)cc1NSc1ccc2ccccc2c1. The minimum atomic E-state index is 0.998. The Morgan fingerprint density at radius 1 is 0.871 bits per heavy atom. The highest BCUT2D eigenvalue weighted by Crippen LogP contribution is 2.30. The van der Waals surface area contributed by atoms with Crippen LogP contribution in [0.4, 0.5) is 5.69 Å². The monoisotopic (exact) mass is 431 g/mol. The van der Waals surface area contributed by atoms with Crippen molar-refractivity contribution in [2.45, 2.75) is 37.6 Å². The van der Waals surface area contributed by atoms with Crippen LogP contribution in [0.15, 0.2) is 65.6 Å². The predicted octanol–water partition coefficient (Wildman–Crippen LogP) is 6.19. The summed E-state index contributed by atoms with van der Waals surface area (Å²) in [7, 11) is 0. The number of nitrogens with zero attached hydrogens (tertiary/aromatic N) is 2. The molecule has 1 aliphatic heterocycles. The van der Waals surface area contributed by atoms with Gasteiger partial charge in [0.25, 0.3) is 0 Å². The highest BCUT2D eigenvalue weighted by Gasteiger charge is 2.25. The summed E-state index contributed by atoms with van der Waals surface area (Å²) in [5.74, 6) is 0.998. The molecule has 1 N–H and O–H groups in total. The van der Waals surface area contributed by atoms with Crippen LogP contribution in [0, 0.1) is 12.8 Å². The van der Waals surface area contributed by atoms with Crippen molar-refractivity contribution < 1.29 is 0 Å². The lowest BCUT2D eigenvalue weighted by Gasteiger charge is -2.22. The van der Waals surface area contributed by atoms with Gasteiger partial charge in [0.15, 0.2) is 0 Å². The molecule has 0 unspecified atom stereocenters. The summed E-state index contributed by atoms with van der Waals surface area (Å²) >= 11 is 1.70. The maximum absolute atomic E-state index is 3.61. The van der Waals surface area contributed by atoms with Gasteiger partial charge in [-0.3, -0.25) is 4.90 Å². The summed E-state index contributed by atoms with van der Waals surface area (Å²) in [6, 6.07) is 22.1. The van der Waals surface area contributed by atoms with Crippen LogP contribution in [0.1, 0.15) is 30.4 Å². The van der Waals surface area contributed by atoms with Gasteiger partial charge in [0.2, 0.25) is 0 Å². The fraction of sp³-hybridized carbons (Fsp3) is 0.407. The molecule has 162 valence electrons. The summed E-state index contributed by atoms with van der Waals surface area (Å²) in [6.45, 7) is 9.47. The lowest BCUT2D eigenvalue weighted by Crippen LogP contribution is -2.31. The number of nitrogens with one attached hydrogen (secondary N) is 1. The standard InChI is InChI=1S/C27H33N3S/c1-21-7-8-23(20-30-14-4-13-29(15-16-30)19-22-9-10-22)17-27(21)28-31-26-12-11-24-5-2-3-6-25(24)18-26/h2-3,5-8,11-12,17-18,22,28H,4,9-10,13-16,19-20H2,1H3. The van der Waals surface area contributed by atoms with E-state index in [1.54, 1.807) is 11.9 Å². The van der Waals surface area contributed by atoms with Crippen LogP contribution in [-0.4, -0.2) is 42.5 Å². The van der Waals surface area contributed by atoms with Gasteiger partial charge in [-0.2, -0.15) is 0 Å². The first-order valence-electron chi connectivity index (χ1n) is 11.7. The summed E-state index contributed by atoms with van der Waals surface area (Å²) in [6.07, 6.45) is 4.20. The van der Waals surface area contributed by atoms with Gasteiger partial charge in [0.1, 0.15) is 0 Å². The molecule has 1 saturated carbocycles. The highest BCUT2D eigenvalue weighted by atomic mass is 32.2. The summed E-state index contributed by atoms with van der Waals surface area (Å²) in [5, 5.41) is 2.58. The zero-order valence-corrected chi connectivity index (χ0v) is 19.3. The molecule has 5 rings (SSSR count). The quantitative estimate of drug-likeness (QED) is 0.450. The van der Waals surface area contributed by atoms with Crippen LogP contribution in [0.5, 0.6) is 0 Å². The molecule has 2 aliphatic rings. The van der Waals surface area contributed by atoms with Gasteiger partial charge in [-0.25, -0.2) is 0 Å². The van der Waals surface area contributed by atoms with Gasteiger partial charge >= 0.3 is 0 Å². The van der Waals surface area contributed by atoms with Gasteiger partial charge in [-0.15, -0.1) is 0 Å². The fourth-order valence-electron chi connectivity index (χ4n) is 4.51. The first-order valence-corrected chi connectivity index (χ1v) is 12.5. The van der Waals surface area contributed by atoms with Crippen LogP contribution in [0.25, 0.3) is 10.8 Å². The van der Waals surface area contributed by atoms with Crippen LogP contribution >= 0.6 is 11.9 Å². The second kappa shape index (κ2) is 9.64. The number of benzene rings is 3. The van der Waals surface area contributed by atoms with E-state index in [1.165, 1.54) is 84.5 Å². The van der Waals surface area contributed by atoms with Crippen LogP contribution < -0.4 is 4.72 Å². The second-order valence-corrected chi connectivity index (χ2v) is 10.1. The smallest absolute Gasteiger partial charge is 0.0475 e. The molecule has 0 atom stereocenters. The summed E-state index contributed by atoms with van der Waals surface area (Å²) < 4.78 is 3.61. The lowest BCUT2D eigenvalue weighted by atomic mass is 10.1. The van der Waals surface area contributed by atoms with Crippen molar-refractivity contribution in [1.29, 1.82) is 0 Å². The third kappa shape index (κ3) is 5.62. The molecule has 4 heteroatoms. The van der Waals surface area contributed by atoms with E-state index in [2.05, 4.69) is 82.1 Å². The van der Waals surface area contributed by atoms with E-state index in [0.717, 1.165) is 12.5 Å². The topological polar surface area (TPSA) is 18.5 Å². The van der Waals surface area contributed by atoms with E-state index in [4.69, 9.17) is 0 Å². The number of rotatable bonds is 7. The van der Waals surface area contributed by atoms with E-state index in [-0.39, 0.29) is 0 Å². The third-order valence-electron chi connectivity index (χ3n) is 6.60. The first kappa shape index (κ1) is 20.9. The Labute approximate surface area is 191 Å². The van der Waals surface area contributed by atoms with Crippen molar-refractivity contribution in [2.75, 3.05) is 37.4 Å². The Balaban J connectivity index is 1.20. The molecule has 1 heterocycles. The van der Waals surface area contributed by atoms with Gasteiger partial charge in [0.05, 0.1) is 0 Å². The first-order chi connectivity index (χ1) is 15.2. The van der Waals surface area contributed by atoms with Crippen molar-refractivity contribution in [1.82, 2.24) is 9.80 Å². The van der Waals surface area contributed by atoms with Crippen molar-refractivity contribution in [3.8, 4) is 0 Å². The van der Waals surface area contributed by atoms with Crippen molar-refractivity contribution in [3.63, 3.8) is 0 Å². The number of hydrogen-bond donors (Lipinski definition) is 1. The number of aryl methyl sites for hydroxylation is 1. The molecular weight excluding hydrogens is 398 g/mol. The maximum Gasteiger partial charge on any atom is 0.0475 e. The van der Waals surface area contributed by atoms with Gasteiger partial charge in [0, 0.05) is 36.8 Å². The molecule has 3 aromatic carbocycles. The van der Waals surface area contributed by atoms with Crippen LogP contribution in [0.3, 0.4) is 0 Å². The van der Waals surface area contributed by atoms with Crippen LogP contribution in [0.2, 0.25) is 0 Å². The third-order valence-corrected chi connectivity index (χ3v) is 7.41. The Morgan fingerprint density at radius 2 is 1.68 bits per heavy atom. The number of anilines is 1. The number of fused-ring (bicyclic) bond motifs is 1. The molecule has 3 aromatic rings. The molecule has 0 bridgehead atoms. The van der Waals surface area contributed by atoms with Gasteiger partial charge < -0.3 is 9.62 Å². The summed E-state index contributed by atoms with van der Waals surface area (Å²) in [5.41, 5.74) is 3.92. The van der Waals surface area contributed by atoms with Crippen molar-refractivity contribution in [3.05, 3.63) is 71.8 Å². The molecule has 0 amide bonds. The highest BCUT2D eigenvalue weighted by molar-refractivity contribution is 8.00. The molecule has 1 saturated heterocycles. The average Bonchev–Trinajstić information content (AvgIpc) is 3.63. The van der Waals surface area contributed by atoms with Crippen molar-refractivity contribution in [2.24, 2.45) is 5.92 Å². The van der Waals surface area contributed by atoms with E-state index < -0.39 is 0 Å². The fourth-order valence-corrected chi connectivity index (χ4v) is 5.28. The van der Waals surface area contributed by atoms with E-state index in [0.29, 0.717) is 0 Å². The van der Waals surface area contributed by atoms with Gasteiger partial charge in [-0.1, -0.05) is 42.5 Å². The molecule has 3 nitrogen and oxygen atoms in total. The summed E-state index contributed by atoms with van der Waals surface area (Å²) in [4.78, 5) is 6.57. The zero-order chi connectivity index (χ0) is 21.0. The molecule has 31 heavy (non-hydrogen) atoms. The largest absolute Gasteiger partial charge is 0.325 e. The molecular formula is C27H33N3S. The van der Waals surface area contributed by atoms with Gasteiger partial charge in [-0.05, 0) is 97.2 Å². The second-order valence-electron chi connectivity index (χ2n) is 9.24. The predicted molar refractivity (Wildman–Crippen MR) is 134 cm³/mol. The Hall–Kier alpha value is -2.01. The molecule has 1 aliphatic carbocycles. The molecule has 2 fully saturated rings. The van der Waals surface area contributed by atoms with Crippen LogP contribution in [-0.2, 0) is 6.54 Å².